The second kappa shape index (κ2) is 6.17. The van der Waals surface area contributed by atoms with Gasteiger partial charge in [0, 0.05) is 11.8 Å². The second-order valence-electron chi connectivity index (χ2n) is 4.88. The lowest BCUT2D eigenvalue weighted by molar-refractivity contribution is 0.471. The number of fused-ring (bicyclic) bond motifs is 1. The molecule has 23 heavy (non-hydrogen) atoms. The fourth-order valence-electron chi connectivity index (χ4n) is 2.13. The highest BCUT2D eigenvalue weighted by molar-refractivity contribution is 7.98. The first kappa shape index (κ1) is 15.8. The maximum absolute atomic E-state index is 12.5. The van der Waals surface area contributed by atoms with E-state index in [1.807, 2.05) is 30.5 Å². The third-order valence-electron chi connectivity index (χ3n) is 3.20. The molecule has 0 saturated carbocycles. The van der Waals surface area contributed by atoms with Crippen LogP contribution in [-0.2, 0) is 10.1 Å². The van der Waals surface area contributed by atoms with Gasteiger partial charge in [0.2, 0.25) is 5.88 Å². The molecule has 3 aromatic rings. The van der Waals surface area contributed by atoms with Crippen LogP contribution in [-0.4, -0.2) is 24.6 Å². The lowest BCUT2D eigenvalue weighted by atomic mass is 10.1. The van der Waals surface area contributed by atoms with Crippen molar-refractivity contribution in [3.8, 4) is 5.88 Å². The Balaban J connectivity index is 1.98. The van der Waals surface area contributed by atoms with Crippen molar-refractivity contribution < 1.29 is 12.6 Å². The van der Waals surface area contributed by atoms with E-state index in [-0.39, 0.29) is 10.8 Å². The van der Waals surface area contributed by atoms with Crippen LogP contribution in [0.3, 0.4) is 0 Å². The standard InChI is InChI=1S/C16H14N2O3S2/c1-11-9-15(18-16(17-11)22-2)21-23(19,20)14-8-7-12-5-3-4-6-13(12)10-14/h3-10H,1-2H3. The molecular weight excluding hydrogens is 332 g/mol. The van der Waals surface area contributed by atoms with Gasteiger partial charge in [0.05, 0.1) is 0 Å². The van der Waals surface area contributed by atoms with Crippen molar-refractivity contribution in [2.75, 3.05) is 6.26 Å². The van der Waals surface area contributed by atoms with Crippen LogP contribution in [0.25, 0.3) is 10.8 Å². The smallest absolute Gasteiger partial charge is 0.340 e. The molecule has 0 aliphatic heterocycles. The van der Waals surface area contributed by atoms with Gasteiger partial charge in [-0.05, 0) is 36.1 Å². The zero-order chi connectivity index (χ0) is 16.4. The summed E-state index contributed by atoms with van der Waals surface area (Å²) < 4.78 is 30.1. The Bertz CT molecular complexity index is 972. The summed E-state index contributed by atoms with van der Waals surface area (Å²) in [6, 6.07) is 13.9. The van der Waals surface area contributed by atoms with Crippen LogP contribution < -0.4 is 4.18 Å². The summed E-state index contributed by atoms with van der Waals surface area (Å²) in [6.45, 7) is 1.76. The van der Waals surface area contributed by atoms with E-state index in [0.717, 1.165) is 10.8 Å². The van der Waals surface area contributed by atoms with Gasteiger partial charge >= 0.3 is 10.1 Å². The van der Waals surface area contributed by atoms with Crippen LogP contribution in [0.5, 0.6) is 5.88 Å². The van der Waals surface area contributed by atoms with Gasteiger partial charge in [0.15, 0.2) is 5.16 Å². The first-order valence-corrected chi connectivity index (χ1v) is 9.44. The predicted octanol–water partition coefficient (Wildman–Crippen LogP) is 3.43. The number of aryl methyl sites for hydroxylation is 1. The Labute approximate surface area is 138 Å². The molecule has 1 aromatic heterocycles. The summed E-state index contributed by atoms with van der Waals surface area (Å²) >= 11 is 1.32. The maximum Gasteiger partial charge on any atom is 0.340 e. The molecule has 0 atom stereocenters. The van der Waals surface area contributed by atoms with Crippen molar-refractivity contribution >= 4 is 32.7 Å². The molecule has 0 amide bonds. The molecule has 1 heterocycles. The van der Waals surface area contributed by atoms with Crippen LogP contribution in [0.1, 0.15) is 5.69 Å². The summed E-state index contributed by atoms with van der Waals surface area (Å²) in [5.74, 6) is 0.0232. The Morgan fingerprint density at radius 1 is 1.00 bits per heavy atom. The van der Waals surface area contributed by atoms with E-state index < -0.39 is 10.1 Å². The fraction of sp³-hybridized carbons (Fsp3) is 0.125. The van der Waals surface area contributed by atoms with Crippen LogP contribution >= 0.6 is 11.8 Å². The largest absolute Gasteiger partial charge is 0.358 e. The fourth-order valence-corrected chi connectivity index (χ4v) is 3.46. The van der Waals surface area contributed by atoms with Crippen molar-refractivity contribution in [2.45, 2.75) is 17.0 Å². The minimum Gasteiger partial charge on any atom is -0.358 e. The number of benzene rings is 2. The highest BCUT2D eigenvalue weighted by Crippen LogP contribution is 2.23. The number of hydrogen-bond donors (Lipinski definition) is 0. The molecule has 0 unspecified atom stereocenters. The SMILES string of the molecule is CSc1nc(C)cc(OS(=O)(=O)c2ccc3ccccc3c2)n1. The molecule has 0 radical (unpaired) electrons. The quantitative estimate of drug-likeness (QED) is 0.409. The normalized spacial score (nSPS) is 11.6. The molecule has 0 aliphatic carbocycles. The first-order chi connectivity index (χ1) is 11.0. The minimum atomic E-state index is -3.95. The Kier molecular flexibility index (Phi) is 4.23. The van der Waals surface area contributed by atoms with E-state index in [2.05, 4.69) is 9.97 Å². The summed E-state index contributed by atoms with van der Waals surface area (Å²) in [6.07, 6.45) is 1.82. The maximum atomic E-state index is 12.5. The van der Waals surface area contributed by atoms with Crippen molar-refractivity contribution in [1.29, 1.82) is 0 Å². The zero-order valence-corrected chi connectivity index (χ0v) is 14.2. The zero-order valence-electron chi connectivity index (χ0n) is 12.6. The van der Waals surface area contributed by atoms with Crippen LogP contribution in [0, 0.1) is 6.92 Å². The molecule has 3 rings (SSSR count). The average molecular weight is 346 g/mol. The monoisotopic (exact) mass is 346 g/mol. The molecule has 0 N–H and O–H groups in total. The molecule has 5 nitrogen and oxygen atoms in total. The highest BCUT2D eigenvalue weighted by Gasteiger charge is 2.18. The van der Waals surface area contributed by atoms with Crippen LogP contribution in [0.15, 0.2) is 58.6 Å². The average Bonchev–Trinajstić information content (AvgIpc) is 2.53. The topological polar surface area (TPSA) is 69.2 Å². The number of nitrogens with zero attached hydrogens (tertiary/aromatic N) is 2. The number of rotatable bonds is 4. The number of aromatic nitrogens is 2. The first-order valence-electron chi connectivity index (χ1n) is 6.81. The van der Waals surface area contributed by atoms with Gasteiger partial charge in [-0.25, -0.2) is 4.98 Å². The van der Waals surface area contributed by atoms with E-state index >= 15 is 0 Å². The predicted molar refractivity (Wildman–Crippen MR) is 90.3 cm³/mol. The highest BCUT2D eigenvalue weighted by atomic mass is 32.2. The summed E-state index contributed by atoms with van der Waals surface area (Å²) in [4.78, 5) is 8.34. The second-order valence-corrected chi connectivity index (χ2v) is 7.20. The van der Waals surface area contributed by atoms with Gasteiger partial charge in [0.1, 0.15) is 4.90 Å². The molecule has 0 fully saturated rings. The van der Waals surface area contributed by atoms with E-state index in [1.165, 1.54) is 23.9 Å². The van der Waals surface area contributed by atoms with Gasteiger partial charge in [0.25, 0.3) is 0 Å². The Morgan fingerprint density at radius 3 is 2.48 bits per heavy atom. The van der Waals surface area contributed by atoms with Crippen molar-refractivity contribution in [3.63, 3.8) is 0 Å². The molecule has 0 aliphatic rings. The minimum absolute atomic E-state index is 0.0232. The summed E-state index contributed by atoms with van der Waals surface area (Å²) in [7, 11) is -3.95. The summed E-state index contributed by atoms with van der Waals surface area (Å²) in [5, 5.41) is 2.27. The third-order valence-corrected chi connectivity index (χ3v) is 4.97. The summed E-state index contributed by atoms with van der Waals surface area (Å²) in [5.41, 5.74) is 0.646. The van der Waals surface area contributed by atoms with Crippen LogP contribution in [0.4, 0.5) is 0 Å². The van der Waals surface area contributed by atoms with Gasteiger partial charge in [-0.2, -0.15) is 13.4 Å². The number of thioether (sulfide) groups is 1. The molecule has 7 heteroatoms. The van der Waals surface area contributed by atoms with E-state index in [9.17, 15) is 8.42 Å². The van der Waals surface area contributed by atoms with Crippen molar-refractivity contribution in [2.24, 2.45) is 0 Å². The Hall–Kier alpha value is -2.12. The van der Waals surface area contributed by atoms with Gasteiger partial charge < -0.3 is 4.18 Å². The van der Waals surface area contributed by atoms with Crippen molar-refractivity contribution in [3.05, 3.63) is 54.2 Å². The van der Waals surface area contributed by atoms with E-state index in [4.69, 9.17) is 4.18 Å². The Morgan fingerprint density at radius 2 is 1.74 bits per heavy atom. The van der Waals surface area contributed by atoms with Gasteiger partial charge in [-0.15, -0.1) is 0 Å². The van der Waals surface area contributed by atoms with Gasteiger partial charge in [-0.3, -0.25) is 0 Å². The number of hydrogen-bond acceptors (Lipinski definition) is 6. The molecule has 0 spiro atoms. The molecule has 2 aromatic carbocycles. The molecule has 118 valence electrons. The molecule has 0 bridgehead atoms. The lowest BCUT2D eigenvalue weighted by Gasteiger charge is -2.08. The van der Waals surface area contributed by atoms with E-state index in [0.29, 0.717) is 10.9 Å². The van der Waals surface area contributed by atoms with E-state index in [1.54, 1.807) is 19.1 Å². The van der Waals surface area contributed by atoms with Crippen LogP contribution in [0.2, 0.25) is 0 Å². The lowest BCUT2D eigenvalue weighted by Crippen LogP contribution is -2.11. The van der Waals surface area contributed by atoms with Gasteiger partial charge in [-0.1, -0.05) is 42.1 Å². The van der Waals surface area contributed by atoms with Crippen molar-refractivity contribution in [1.82, 2.24) is 9.97 Å². The molecular formula is C16H14N2O3S2. The molecule has 0 saturated heterocycles. The third kappa shape index (κ3) is 3.46.